The topological polar surface area (TPSA) is 74.4 Å². The van der Waals surface area contributed by atoms with Crippen LogP contribution >= 0.6 is 11.8 Å². The van der Waals surface area contributed by atoms with E-state index < -0.39 is 0 Å². The molecule has 5 nitrogen and oxygen atoms in total. The van der Waals surface area contributed by atoms with Gasteiger partial charge in [0, 0.05) is 18.8 Å². The summed E-state index contributed by atoms with van der Waals surface area (Å²) in [5.41, 5.74) is 8.64. The predicted molar refractivity (Wildman–Crippen MR) is 141 cm³/mol. The standard InChI is InChI=1S/C17H24FNOS.C11H11NO2/c1-11-6-7-14(18)13(8-11)16(3,4)15-9-17(15,10-20-5)21-12(2)19;1-4-5-14-10-6-8(2)11(9(3)13)12-7-10/h6-8,15H,2,9-10,19H2,1,3-5H3;1,6-7H,5H2,2-3H3/t15?,17-;/m1./s1. The lowest BCUT2D eigenvalue weighted by molar-refractivity contribution is 0.101. The van der Waals surface area contributed by atoms with E-state index in [2.05, 4.69) is 31.3 Å². The smallest absolute Gasteiger partial charge is 0.178 e. The highest BCUT2D eigenvalue weighted by molar-refractivity contribution is 8.04. The summed E-state index contributed by atoms with van der Waals surface area (Å²) in [6.45, 7) is 14.1. The summed E-state index contributed by atoms with van der Waals surface area (Å²) in [4.78, 5) is 15.0. The van der Waals surface area contributed by atoms with Crippen molar-refractivity contribution in [2.75, 3.05) is 20.3 Å². The van der Waals surface area contributed by atoms with Crippen molar-refractivity contribution in [3.05, 3.63) is 70.3 Å². The first kappa shape index (κ1) is 28.4. The monoisotopic (exact) mass is 498 g/mol. The minimum atomic E-state index is -0.267. The van der Waals surface area contributed by atoms with Crippen molar-refractivity contribution >= 4 is 17.5 Å². The van der Waals surface area contributed by atoms with E-state index in [4.69, 9.17) is 21.6 Å². The number of benzene rings is 1. The molecule has 2 atom stereocenters. The number of methoxy groups -OCH3 is 1. The minimum Gasteiger partial charge on any atom is -0.479 e. The molecule has 0 bridgehead atoms. The maximum absolute atomic E-state index is 14.3. The van der Waals surface area contributed by atoms with Gasteiger partial charge in [-0.25, -0.2) is 9.37 Å². The second kappa shape index (κ2) is 11.7. The van der Waals surface area contributed by atoms with Gasteiger partial charge in [-0.1, -0.05) is 44.0 Å². The maximum atomic E-state index is 14.3. The second-order valence-corrected chi connectivity index (χ2v) is 11.0. The van der Waals surface area contributed by atoms with Crippen LogP contribution in [0.1, 0.15) is 54.4 Å². The van der Waals surface area contributed by atoms with Crippen LogP contribution in [0.5, 0.6) is 5.75 Å². The summed E-state index contributed by atoms with van der Waals surface area (Å²) in [5.74, 6) is 3.07. The van der Waals surface area contributed by atoms with E-state index in [1.165, 1.54) is 13.1 Å². The lowest BCUT2D eigenvalue weighted by Gasteiger charge is -2.30. The van der Waals surface area contributed by atoms with E-state index in [0.717, 1.165) is 23.1 Å². The number of aromatic nitrogens is 1. The summed E-state index contributed by atoms with van der Waals surface area (Å²) >= 11 is 1.57. The average Bonchev–Trinajstić information content (AvgIpc) is 3.48. The molecule has 1 saturated carbocycles. The fourth-order valence-corrected chi connectivity index (χ4v) is 5.83. The van der Waals surface area contributed by atoms with Crippen LogP contribution in [0.2, 0.25) is 0 Å². The van der Waals surface area contributed by atoms with Crippen molar-refractivity contribution < 1.29 is 18.7 Å². The third-order valence-electron chi connectivity index (χ3n) is 6.14. The summed E-state index contributed by atoms with van der Waals surface area (Å²) in [5, 5.41) is 0.593. The van der Waals surface area contributed by atoms with Crippen LogP contribution in [0, 0.1) is 37.9 Å². The van der Waals surface area contributed by atoms with Crippen LogP contribution in [0.15, 0.2) is 42.1 Å². The highest BCUT2D eigenvalue weighted by atomic mass is 32.2. The molecule has 0 saturated heterocycles. The Labute approximate surface area is 212 Å². The Kier molecular flexibility index (Phi) is 9.53. The molecule has 1 heterocycles. The number of ether oxygens (including phenoxy) is 2. The normalized spacial score (nSPS) is 18.6. The van der Waals surface area contributed by atoms with Gasteiger partial charge in [0.2, 0.25) is 0 Å². The van der Waals surface area contributed by atoms with Crippen LogP contribution in [-0.2, 0) is 10.2 Å². The van der Waals surface area contributed by atoms with Gasteiger partial charge < -0.3 is 15.2 Å². The lowest BCUT2D eigenvalue weighted by atomic mass is 9.78. The first-order valence-corrected chi connectivity index (χ1v) is 12.1. The van der Waals surface area contributed by atoms with Crippen LogP contribution in [0.3, 0.4) is 0 Å². The van der Waals surface area contributed by atoms with Gasteiger partial charge in [-0.2, -0.15) is 0 Å². The molecule has 1 fully saturated rings. The third-order valence-corrected chi connectivity index (χ3v) is 7.38. The molecule has 1 aromatic heterocycles. The Hall–Kier alpha value is -2.82. The molecule has 2 aromatic rings. The first-order valence-electron chi connectivity index (χ1n) is 11.3. The molecule has 2 N–H and O–H groups in total. The average molecular weight is 499 g/mol. The summed E-state index contributed by atoms with van der Waals surface area (Å²) in [6, 6.07) is 7.07. The molecule has 1 aliphatic carbocycles. The van der Waals surface area contributed by atoms with E-state index in [1.807, 2.05) is 19.9 Å². The van der Waals surface area contributed by atoms with Crippen molar-refractivity contribution in [3.8, 4) is 18.1 Å². The van der Waals surface area contributed by atoms with Gasteiger partial charge in [-0.3, -0.25) is 4.79 Å². The van der Waals surface area contributed by atoms with E-state index in [9.17, 15) is 9.18 Å². The Morgan fingerprint density at radius 3 is 2.63 bits per heavy atom. The third kappa shape index (κ3) is 7.09. The zero-order chi connectivity index (χ0) is 26.4. The number of Topliss-reactive ketones (excluding diaryl/α,β-unsaturated/α-hetero) is 1. The van der Waals surface area contributed by atoms with Crippen LogP contribution in [0.4, 0.5) is 4.39 Å². The zero-order valence-corrected chi connectivity index (χ0v) is 22.2. The van der Waals surface area contributed by atoms with E-state index >= 15 is 0 Å². The molecule has 0 radical (unpaired) electrons. The van der Waals surface area contributed by atoms with Crippen molar-refractivity contribution in [3.63, 3.8) is 0 Å². The SMILES string of the molecule is C#CCOc1cnc(C(C)=O)c(C)c1.C=C(N)S[C@@]1(COC)CC1C(C)(C)c1cc(C)ccc1F. The Morgan fingerprint density at radius 1 is 1.40 bits per heavy atom. The molecule has 188 valence electrons. The number of hydrogen-bond acceptors (Lipinski definition) is 6. The number of halogens is 1. The molecular weight excluding hydrogens is 463 g/mol. The molecule has 1 aliphatic rings. The van der Waals surface area contributed by atoms with Gasteiger partial charge in [0.15, 0.2) is 5.78 Å². The number of carbonyl (C=O) groups excluding carboxylic acids is 1. The number of aryl methyl sites for hydroxylation is 2. The minimum absolute atomic E-state index is 0.0500. The van der Waals surface area contributed by atoms with E-state index in [1.54, 1.807) is 37.1 Å². The van der Waals surface area contributed by atoms with Gasteiger partial charge in [0.25, 0.3) is 0 Å². The van der Waals surface area contributed by atoms with Crippen molar-refractivity contribution in [1.29, 1.82) is 0 Å². The Bertz CT molecular complexity index is 1130. The quantitative estimate of drug-likeness (QED) is 0.359. The van der Waals surface area contributed by atoms with Gasteiger partial charge in [0.05, 0.1) is 17.8 Å². The molecule has 3 rings (SSSR count). The van der Waals surface area contributed by atoms with Crippen molar-refractivity contribution in [2.45, 2.75) is 51.2 Å². The van der Waals surface area contributed by atoms with Gasteiger partial charge >= 0.3 is 0 Å². The second-order valence-electron chi connectivity index (χ2n) is 9.41. The van der Waals surface area contributed by atoms with E-state index in [0.29, 0.717) is 29.0 Å². The molecule has 0 spiro atoms. The highest BCUT2D eigenvalue weighted by Gasteiger charge is 2.62. The largest absolute Gasteiger partial charge is 0.479 e. The molecule has 35 heavy (non-hydrogen) atoms. The number of ketones is 1. The molecule has 0 amide bonds. The number of pyridine rings is 1. The van der Waals surface area contributed by atoms with Gasteiger partial charge in [0.1, 0.15) is 23.9 Å². The van der Waals surface area contributed by atoms with Crippen LogP contribution in [-0.4, -0.2) is 35.8 Å². The molecular formula is C28H35FN2O3S. The van der Waals surface area contributed by atoms with Crippen LogP contribution in [0.25, 0.3) is 0 Å². The Balaban J connectivity index is 0.000000269. The fraction of sp³-hybridized carbons (Fsp3) is 0.429. The number of nitrogens with two attached hydrogens (primary N) is 1. The fourth-order valence-electron chi connectivity index (χ4n) is 4.45. The van der Waals surface area contributed by atoms with Crippen molar-refractivity contribution in [2.24, 2.45) is 11.7 Å². The molecule has 1 unspecified atom stereocenters. The number of terminal acetylenes is 1. The molecule has 1 aromatic carbocycles. The number of thioether (sulfide) groups is 1. The first-order chi connectivity index (χ1) is 16.4. The Morgan fingerprint density at radius 2 is 2.09 bits per heavy atom. The summed E-state index contributed by atoms with van der Waals surface area (Å²) in [7, 11) is 1.69. The molecule has 7 heteroatoms. The van der Waals surface area contributed by atoms with Gasteiger partial charge in [-0.15, -0.1) is 18.2 Å². The summed E-state index contributed by atoms with van der Waals surface area (Å²) < 4.78 is 24.7. The number of carbonyl (C=O) groups is 1. The highest BCUT2D eigenvalue weighted by Crippen LogP contribution is 2.63. The van der Waals surface area contributed by atoms with Crippen LogP contribution < -0.4 is 10.5 Å². The summed E-state index contributed by atoms with van der Waals surface area (Å²) in [6.07, 6.45) is 7.50. The van der Waals surface area contributed by atoms with E-state index in [-0.39, 0.29) is 28.4 Å². The predicted octanol–water partition coefficient (Wildman–Crippen LogP) is 5.58. The van der Waals surface area contributed by atoms with Gasteiger partial charge in [-0.05, 0) is 54.9 Å². The zero-order valence-electron chi connectivity index (χ0n) is 21.4. The molecule has 0 aliphatic heterocycles. The number of hydrogen-bond donors (Lipinski definition) is 1. The lowest BCUT2D eigenvalue weighted by Crippen LogP contribution is -2.29. The van der Waals surface area contributed by atoms with Crippen molar-refractivity contribution in [1.82, 2.24) is 4.98 Å². The maximum Gasteiger partial charge on any atom is 0.178 e. The number of rotatable bonds is 9. The number of nitrogens with zero attached hydrogens (tertiary/aromatic N) is 1.